The van der Waals surface area contributed by atoms with Gasteiger partial charge in [-0.1, -0.05) is 13.0 Å². The highest BCUT2D eigenvalue weighted by molar-refractivity contribution is 5.78. The van der Waals surface area contributed by atoms with Crippen molar-refractivity contribution in [3.05, 3.63) is 23.8 Å². The van der Waals surface area contributed by atoms with Crippen LogP contribution >= 0.6 is 0 Å². The lowest BCUT2D eigenvalue weighted by Crippen LogP contribution is -2.45. The molecule has 1 aromatic carbocycles. The molecule has 3 aliphatic heterocycles. The molecular formula is C29H47N3O5. The number of rotatable bonds is 13. The van der Waals surface area contributed by atoms with Gasteiger partial charge >= 0.3 is 0 Å². The Labute approximate surface area is 222 Å². The zero-order valence-corrected chi connectivity index (χ0v) is 22.8. The van der Waals surface area contributed by atoms with E-state index in [4.69, 9.17) is 18.9 Å². The van der Waals surface area contributed by atoms with Crippen molar-refractivity contribution in [3.63, 3.8) is 0 Å². The number of ether oxygens (including phenoxy) is 4. The fourth-order valence-electron chi connectivity index (χ4n) is 5.63. The molecule has 0 bridgehead atoms. The Bertz CT molecular complexity index is 824. The van der Waals surface area contributed by atoms with Crippen LogP contribution in [-0.2, 0) is 25.6 Å². The highest BCUT2D eigenvalue weighted by Gasteiger charge is 2.27. The average Bonchev–Trinajstić information content (AvgIpc) is 2.95. The van der Waals surface area contributed by atoms with Gasteiger partial charge in [0.1, 0.15) is 12.4 Å². The van der Waals surface area contributed by atoms with Gasteiger partial charge in [0.15, 0.2) is 0 Å². The molecule has 3 aliphatic rings. The van der Waals surface area contributed by atoms with E-state index < -0.39 is 0 Å². The third kappa shape index (κ3) is 8.57. The molecule has 3 atom stereocenters. The van der Waals surface area contributed by atoms with E-state index in [1.165, 1.54) is 5.56 Å². The summed E-state index contributed by atoms with van der Waals surface area (Å²) < 4.78 is 22.8. The van der Waals surface area contributed by atoms with Crippen molar-refractivity contribution in [2.24, 2.45) is 11.8 Å². The van der Waals surface area contributed by atoms with Gasteiger partial charge in [-0.25, -0.2) is 0 Å². The number of methoxy groups -OCH3 is 1. The molecule has 2 saturated heterocycles. The Balaban J connectivity index is 1.18. The minimum absolute atomic E-state index is 0.0688. The van der Waals surface area contributed by atoms with Gasteiger partial charge in [-0.2, -0.15) is 0 Å². The molecular weight excluding hydrogens is 470 g/mol. The summed E-state index contributed by atoms with van der Waals surface area (Å²) in [6, 6.07) is 6.77. The van der Waals surface area contributed by atoms with Crippen LogP contribution in [0, 0.1) is 11.8 Å². The molecule has 0 radical (unpaired) electrons. The standard InChI is InChI=1S/C29H47N3O5/c1-3-24(29(33)31-19-22-9-14-35-15-10-22)18-25-6-7-26(20-30-25)37-21-23-5-8-28-27(17-23)32(12-16-36-28)11-4-13-34-2/h5,8,17,22,24-26,30H,3-4,6-7,9-16,18-21H2,1-2H3,(H,31,33)/t24-,25+,26-/m1/s1. The summed E-state index contributed by atoms with van der Waals surface area (Å²) in [7, 11) is 1.75. The van der Waals surface area contributed by atoms with Gasteiger partial charge in [-0.05, 0) is 68.6 Å². The molecule has 2 fully saturated rings. The molecule has 3 heterocycles. The van der Waals surface area contributed by atoms with Crippen molar-refractivity contribution < 1.29 is 23.7 Å². The average molecular weight is 518 g/mol. The maximum absolute atomic E-state index is 12.8. The van der Waals surface area contributed by atoms with Gasteiger partial charge in [-0.3, -0.25) is 4.79 Å². The van der Waals surface area contributed by atoms with Crippen molar-refractivity contribution >= 4 is 11.6 Å². The van der Waals surface area contributed by atoms with Gasteiger partial charge < -0.3 is 34.5 Å². The molecule has 0 aromatic heterocycles. The predicted octanol–water partition coefficient (Wildman–Crippen LogP) is 3.52. The van der Waals surface area contributed by atoms with Crippen molar-refractivity contribution in [2.45, 2.75) is 70.6 Å². The summed E-state index contributed by atoms with van der Waals surface area (Å²) in [5.41, 5.74) is 2.33. The monoisotopic (exact) mass is 517 g/mol. The number of carbonyl (C=O) groups excluding carboxylic acids is 1. The van der Waals surface area contributed by atoms with Crippen LogP contribution in [0.2, 0.25) is 0 Å². The van der Waals surface area contributed by atoms with E-state index in [2.05, 4.69) is 40.7 Å². The smallest absolute Gasteiger partial charge is 0.223 e. The molecule has 4 rings (SSSR count). The second-order valence-corrected chi connectivity index (χ2v) is 10.7. The second kappa shape index (κ2) is 14.9. The number of hydrogen-bond acceptors (Lipinski definition) is 7. The fourth-order valence-corrected chi connectivity index (χ4v) is 5.63. The van der Waals surface area contributed by atoms with Crippen molar-refractivity contribution in [1.82, 2.24) is 10.6 Å². The molecule has 8 nitrogen and oxygen atoms in total. The molecule has 0 unspecified atom stereocenters. The minimum Gasteiger partial charge on any atom is -0.490 e. The van der Waals surface area contributed by atoms with Crippen LogP contribution in [0.5, 0.6) is 5.75 Å². The maximum atomic E-state index is 12.8. The normalized spacial score (nSPS) is 23.2. The van der Waals surface area contributed by atoms with Crippen LogP contribution in [0.15, 0.2) is 18.2 Å². The minimum atomic E-state index is 0.0688. The number of nitrogens with one attached hydrogen (secondary N) is 2. The SMILES string of the molecule is CC[C@H](C[C@@H]1CC[C@@H](OCc2ccc3c(c2)N(CCCOC)CCO3)CN1)C(=O)NCC1CCOCC1. The van der Waals surface area contributed by atoms with E-state index in [0.717, 1.165) is 109 Å². The van der Waals surface area contributed by atoms with E-state index in [9.17, 15) is 4.79 Å². The van der Waals surface area contributed by atoms with Crippen molar-refractivity contribution in [1.29, 1.82) is 0 Å². The lowest BCUT2D eigenvalue weighted by Gasteiger charge is -2.33. The number of carbonyl (C=O) groups is 1. The van der Waals surface area contributed by atoms with E-state index in [1.807, 2.05) is 0 Å². The number of nitrogens with zero attached hydrogens (tertiary/aromatic N) is 1. The van der Waals surface area contributed by atoms with E-state index >= 15 is 0 Å². The molecule has 0 spiro atoms. The van der Waals surface area contributed by atoms with E-state index in [0.29, 0.717) is 18.6 Å². The van der Waals surface area contributed by atoms with Crippen LogP contribution < -0.4 is 20.3 Å². The van der Waals surface area contributed by atoms with Gasteiger partial charge in [0.2, 0.25) is 5.91 Å². The number of hydrogen-bond donors (Lipinski definition) is 2. The quantitative estimate of drug-likeness (QED) is 0.388. The van der Waals surface area contributed by atoms with Gasteiger partial charge in [-0.15, -0.1) is 0 Å². The Kier molecular flexibility index (Phi) is 11.3. The first-order chi connectivity index (χ1) is 18.2. The van der Waals surface area contributed by atoms with E-state index in [1.54, 1.807) is 7.11 Å². The molecule has 1 amide bonds. The van der Waals surface area contributed by atoms with Crippen molar-refractivity contribution in [3.8, 4) is 5.75 Å². The first-order valence-corrected chi connectivity index (χ1v) is 14.4. The largest absolute Gasteiger partial charge is 0.490 e. The fraction of sp³-hybridized carbons (Fsp3) is 0.759. The van der Waals surface area contributed by atoms with Crippen LogP contribution in [0.25, 0.3) is 0 Å². The first-order valence-electron chi connectivity index (χ1n) is 14.4. The summed E-state index contributed by atoms with van der Waals surface area (Å²) in [4.78, 5) is 15.2. The third-order valence-electron chi connectivity index (χ3n) is 8.05. The highest BCUT2D eigenvalue weighted by atomic mass is 16.5. The van der Waals surface area contributed by atoms with Crippen LogP contribution in [0.1, 0.15) is 57.4 Å². The number of fused-ring (bicyclic) bond motifs is 1. The summed E-state index contributed by atoms with van der Waals surface area (Å²) in [5, 5.41) is 6.87. The highest BCUT2D eigenvalue weighted by Crippen LogP contribution is 2.33. The molecule has 1 aromatic rings. The van der Waals surface area contributed by atoms with Crippen molar-refractivity contribution in [2.75, 3.05) is 64.6 Å². The Morgan fingerprint density at radius 2 is 2.08 bits per heavy atom. The lowest BCUT2D eigenvalue weighted by atomic mass is 9.90. The number of piperidine rings is 1. The number of anilines is 1. The molecule has 0 saturated carbocycles. The molecule has 208 valence electrons. The van der Waals surface area contributed by atoms with E-state index in [-0.39, 0.29) is 17.9 Å². The molecule has 0 aliphatic carbocycles. The second-order valence-electron chi connectivity index (χ2n) is 10.7. The Morgan fingerprint density at radius 1 is 1.22 bits per heavy atom. The Hall–Kier alpha value is -1.87. The maximum Gasteiger partial charge on any atom is 0.223 e. The van der Waals surface area contributed by atoms with Gasteiger partial charge in [0.05, 0.1) is 24.9 Å². The molecule has 2 N–H and O–H groups in total. The molecule has 37 heavy (non-hydrogen) atoms. The lowest BCUT2D eigenvalue weighted by molar-refractivity contribution is -0.126. The summed E-state index contributed by atoms with van der Waals surface area (Å²) in [6.45, 7) is 9.34. The molecule has 8 heteroatoms. The third-order valence-corrected chi connectivity index (χ3v) is 8.05. The predicted molar refractivity (Wildman–Crippen MR) is 145 cm³/mol. The van der Waals surface area contributed by atoms with Gasteiger partial charge in [0, 0.05) is 58.5 Å². The zero-order valence-electron chi connectivity index (χ0n) is 22.8. The van der Waals surface area contributed by atoms with Crippen LogP contribution in [-0.4, -0.2) is 77.8 Å². The first kappa shape index (κ1) is 28.1. The van der Waals surface area contributed by atoms with Gasteiger partial charge in [0.25, 0.3) is 0 Å². The summed E-state index contributed by atoms with van der Waals surface area (Å²) in [5.74, 6) is 1.79. The topological polar surface area (TPSA) is 81.3 Å². The Morgan fingerprint density at radius 3 is 2.84 bits per heavy atom. The summed E-state index contributed by atoms with van der Waals surface area (Å²) in [6.07, 6.45) is 7.14. The van der Waals surface area contributed by atoms with Crippen LogP contribution in [0.3, 0.4) is 0 Å². The van der Waals surface area contributed by atoms with Crippen LogP contribution in [0.4, 0.5) is 5.69 Å². The number of amides is 1. The summed E-state index contributed by atoms with van der Waals surface area (Å²) >= 11 is 0. The zero-order chi connectivity index (χ0) is 25.9. The number of benzene rings is 1.